The fraction of sp³-hybridized carbons (Fsp3) is 0.364. The molecule has 2 unspecified atom stereocenters. The Kier molecular flexibility index (Phi) is 8.18. The van der Waals surface area contributed by atoms with E-state index in [0.717, 1.165) is 0 Å². The van der Waals surface area contributed by atoms with Crippen LogP contribution in [0.15, 0.2) is 48.5 Å². The Labute approximate surface area is 206 Å². The van der Waals surface area contributed by atoms with Crippen molar-refractivity contribution in [1.29, 1.82) is 0 Å². The van der Waals surface area contributed by atoms with Crippen LogP contribution in [0.25, 0.3) is 0 Å². The van der Waals surface area contributed by atoms with Crippen molar-refractivity contribution in [3.05, 3.63) is 59.7 Å². The fourth-order valence-electron chi connectivity index (χ4n) is 3.53. The number of nitrogens with zero attached hydrogens (tertiary/aromatic N) is 1. The summed E-state index contributed by atoms with van der Waals surface area (Å²) in [5.41, 5.74) is 1.07. The minimum absolute atomic E-state index is 0.371. The third kappa shape index (κ3) is 5.76. The topological polar surface area (TPSA) is 83.5 Å². The van der Waals surface area contributed by atoms with Gasteiger partial charge in [0, 0.05) is 11.6 Å². The zero-order chi connectivity index (χ0) is 24.2. The van der Waals surface area contributed by atoms with E-state index in [4.69, 9.17) is 58.5 Å². The van der Waals surface area contributed by atoms with Crippen molar-refractivity contribution in [3.63, 3.8) is 0 Å². The molecule has 1 heterocycles. The fourth-order valence-corrected chi connectivity index (χ4v) is 3.69. The predicted octanol–water partition coefficient (Wildman–Crippen LogP) is 4.82. The van der Waals surface area contributed by atoms with E-state index in [9.17, 15) is 9.59 Å². The second-order valence-corrected chi connectivity index (χ2v) is 9.49. The minimum Gasteiger partial charge on any atom is -0.497 e. The summed E-state index contributed by atoms with van der Waals surface area (Å²) in [6, 6.07) is 13.0. The van der Waals surface area contributed by atoms with Crippen LogP contribution in [0.1, 0.15) is 23.4 Å². The molecule has 1 saturated heterocycles. The number of ether oxygens (including phenoxy) is 5. The highest BCUT2D eigenvalue weighted by atomic mass is 35.6. The van der Waals surface area contributed by atoms with Crippen molar-refractivity contribution in [2.45, 2.75) is 22.2 Å². The molecule has 178 valence electrons. The summed E-state index contributed by atoms with van der Waals surface area (Å²) >= 11 is 17.3. The molecule has 1 amide bonds. The molecule has 1 aliphatic heterocycles. The number of halogens is 3. The first-order valence-electron chi connectivity index (χ1n) is 9.72. The molecule has 11 heteroatoms. The van der Waals surface area contributed by atoms with E-state index in [-0.39, 0.29) is 0 Å². The van der Waals surface area contributed by atoms with Crippen LogP contribution < -0.4 is 9.47 Å². The molecule has 0 spiro atoms. The second kappa shape index (κ2) is 10.7. The molecule has 33 heavy (non-hydrogen) atoms. The highest BCUT2D eigenvalue weighted by Crippen LogP contribution is 2.47. The minimum atomic E-state index is -1.83. The Balaban J connectivity index is 2.12. The van der Waals surface area contributed by atoms with E-state index in [1.807, 2.05) is 6.07 Å². The summed E-state index contributed by atoms with van der Waals surface area (Å²) < 4.78 is 25.2. The van der Waals surface area contributed by atoms with Crippen LogP contribution in [0.3, 0.4) is 0 Å². The van der Waals surface area contributed by atoms with E-state index >= 15 is 0 Å². The summed E-state index contributed by atoms with van der Waals surface area (Å²) in [5.74, 6) is 0.233. The lowest BCUT2D eigenvalue weighted by Gasteiger charge is -2.29. The SMILES string of the molecule is COC(=O)C1OC(c2ccc(OC)cc2OC)N(C(=O)OCC(Cl)(Cl)Cl)[C@H]1c1ccccc1. The van der Waals surface area contributed by atoms with Crippen LogP contribution >= 0.6 is 34.8 Å². The number of carbonyl (C=O) groups is 2. The number of alkyl halides is 3. The largest absolute Gasteiger partial charge is 0.497 e. The molecule has 2 aromatic rings. The zero-order valence-corrected chi connectivity index (χ0v) is 20.3. The van der Waals surface area contributed by atoms with Crippen molar-refractivity contribution < 1.29 is 33.3 Å². The highest BCUT2D eigenvalue weighted by molar-refractivity contribution is 6.67. The maximum Gasteiger partial charge on any atom is 0.412 e. The molecule has 3 atom stereocenters. The van der Waals surface area contributed by atoms with Gasteiger partial charge >= 0.3 is 12.1 Å². The first kappa shape index (κ1) is 25.2. The van der Waals surface area contributed by atoms with Crippen molar-refractivity contribution >= 4 is 46.9 Å². The Bertz CT molecular complexity index is 984. The monoisotopic (exact) mass is 517 g/mol. The molecule has 0 aliphatic carbocycles. The molecule has 0 bridgehead atoms. The molecule has 0 radical (unpaired) electrons. The predicted molar refractivity (Wildman–Crippen MR) is 122 cm³/mol. The number of amides is 1. The van der Waals surface area contributed by atoms with Crippen LogP contribution in [0.2, 0.25) is 0 Å². The van der Waals surface area contributed by atoms with Gasteiger partial charge in [-0.1, -0.05) is 65.1 Å². The number of hydrogen-bond acceptors (Lipinski definition) is 7. The van der Waals surface area contributed by atoms with Crippen LogP contribution in [0, 0.1) is 0 Å². The molecule has 1 aliphatic rings. The van der Waals surface area contributed by atoms with Gasteiger partial charge in [-0.25, -0.2) is 9.59 Å². The van der Waals surface area contributed by atoms with Crippen LogP contribution in [0.4, 0.5) is 4.79 Å². The van der Waals surface area contributed by atoms with Crippen LogP contribution in [-0.2, 0) is 19.0 Å². The lowest BCUT2D eigenvalue weighted by Crippen LogP contribution is -2.38. The van der Waals surface area contributed by atoms with Crippen LogP contribution in [0.5, 0.6) is 11.5 Å². The smallest absolute Gasteiger partial charge is 0.412 e. The molecular weight excluding hydrogens is 497 g/mol. The lowest BCUT2D eigenvalue weighted by molar-refractivity contribution is -0.154. The Morgan fingerprint density at radius 2 is 1.73 bits per heavy atom. The Morgan fingerprint density at radius 1 is 1.03 bits per heavy atom. The quantitative estimate of drug-likeness (QED) is 0.400. The summed E-state index contributed by atoms with van der Waals surface area (Å²) in [7, 11) is 4.21. The first-order valence-corrected chi connectivity index (χ1v) is 10.9. The van der Waals surface area contributed by atoms with Crippen LogP contribution in [-0.4, -0.2) is 54.8 Å². The molecular formula is C22H22Cl3NO7. The zero-order valence-electron chi connectivity index (χ0n) is 18.0. The van der Waals surface area contributed by atoms with Gasteiger partial charge in [-0.15, -0.1) is 0 Å². The summed E-state index contributed by atoms with van der Waals surface area (Å²) in [6.45, 7) is -0.510. The van der Waals surface area contributed by atoms with Crippen molar-refractivity contribution in [1.82, 2.24) is 4.90 Å². The molecule has 0 N–H and O–H groups in total. The second-order valence-electron chi connectivity index (χ2n) is 6.97. The van der Waals surface area contributed by atoms with Gasteiger partial charge in [0.15, 0.2) is 12.3 Å². The van der Waals surface area contributed by atoms with Crippen molar-refractivity contribution in [2.75, 3.05) is 27.9 Å². The van der Waals surface area contributed by atoms with E-state index in [1.165, 1.54) is 26.2 Å². The number of esters is 1. The standard InChI is InChI=1S/C22H22Cl3NO7/c1-29-14-9-10-15(16(11-14)30-2)19-26(21(28)32-12-22(23,24)25)17(13-7-5-4-6-8-13)18(33-19)20(27)31-3/h4-11,17-19H,12H2,1-3H3/t17-,18?,19?/m0/s1. The van der Waals surface area contributed by atoms with Gasteiger partial charge in [-0.2, -0.15) is 0 Å². The van der Waals surface area contributed by atoms with Gasteiger partial charge < -0.3 is 23.7 Å². The highest BCUT2D eigenvalue weighted by Gasteiger charge is 2.52. The van der Waals surface area contributed by atoms with E-state index in [0.29, 0.717) is 22.6 Å². The molecule has 3 rings (SSSR count). The van der Waals surface area contributed by atoms with Gasteiger partial charge in [-0.05, 0) is 17.7 Å². The van der Waals surface area contributed by atoms with Gasteiger partial charge in [0.25, 0.3) is 0 Å². The van der Waals surface area contributed by atoms with Gasteiger partial charge in [0.1, 0.15) is 24.1 Å². The average Bonchev–Trinajstić information content (AvgIpc) is 3.22. The number of methoxy groups -OCH3 is 3. The molecule has 2 aromatic carbocycles. The molecule has 0 aromatic heterocycles. The maximum atomic E-state index is 13.3. The number of hydrogen-bond donors (Lipinski definition) is 0. The normalized spacial score (nSPS) is 20.3. The molecule has 0 saturated carbocycles. The van der Waals surface area contributed by atoms with Gasteiger partial charge in [0.2, 0.25) is 3.79 Å². The summed E-state index contributed by atoms with van der Waals surface area (Å²) in [5, 5.41) is 0. The Morgan fingerprint density at radius 3 is 2.30 bits per heavy atom. The number of carbonyl (C=O) groups excluding carboxylic acids is 2. The molecule has 8 nitrogen and oxygen atoms in total. The Hall–Kier alpha value is -2.39. The number of benzene rings is 2. The summed E-state index contributed by atoms with van der Waals surface area (Å²) in [6.07, 6.45) is -3.10. The number of rotatable bonds is 6. The molecule has 1 fully saturated rings. The van der Waals surface area contributed by atoms with E-state index in [1.54, 1.807) is 42.5 Å². The third-order valence-electron chi connectivity index (χ3n) is 4.97. The lowest BCUT2D eigenvalue weighted by atomic mass is 10.0. The van der Waals surface area contributed by atoms with Gasteiger partial charge in [0.05, 0.1) is 21.3 Å². The average molecular weight is 519 g/mol. The summed E-state index contributed by atoms with van der Waals surface area (Å²) in [4.78, 5) is 27.2. The maximum absolute atomic E-state index is 13.3. The first-order chi connectivity index (χ1) is 15.7. The van der Waals surface area contributed by atoms with Gasteiger partial charge in [-0.3, -0.25) is 4.90 Å². The van der Waals surface area contributed by atoms with Crippen molar-refractivity contribution in [2.24, 2.45) is 0 Å². The van der Waals surface area contributed by atoms with E-state index in [2.05, 4.69) is 0 Å². The van der Waals surface area contributed by atoms with Crippen molar-refractivity contribution in [3.8, 4) is 11.5 Å². The third-order valence-corrected chi connectivity index (χ3v) is 5.29. The van der Waals surface area contributed by atoms with E-state index < -0.39 is 40.8 Å².